The molecule has 104 valence electrons. The van der Waals surface area contributed by atoms with Crippen molar-refractivity contribution in [3.05, 3.63) is 0 Å². The summed E-state index contributed by atoms with van der Waals surface area (Å²) in [4.78, 5) is 24.2. The van der Waals surface area contributed by atoms with E-state index in [1.54, 1.807) is 6.92 Å². The summed E-state index contributed by atoms with van der Waals surface area (Å²) < 4.78 is 0. The number of carbonyl (C=O) groups excluding carboxylic acids is 2. The van der Waals surface area contributed by atoms with Crippen molar-refractivity contribution in [1.29, 1.82) is 0 Å². The molecule has 0 radical (unpaired) electrons. The molecule has 1 rings (SSSR count). The van der Waals surface area contributed by atoms with Crippen molar-refractivity contribution in [3.63, 3.8) is 0 Å². The van der Waals surface area contributed by atoms with Crippen molar-refractivity contribution in [3.8, 4) is 0 Å². The highest BCUT2D eigenvalue weighted by atomic mass is 16.2. The van der Waals surface area contributed by atoms with Gasteiger partial charge in [0.2, 0.25) is 11.8 Å². The Bertz CT molecular complexity index is 283. The Hall–Kier alpha value is -1.14. The molecule has 1 aliphatic heterocycles. The molecule has 1 fully saturated rings. The Morgan fingerprint density at radius 2 is 2.11 bits per heavy atom. The molecule has 1 saturated heterocycles. The molecule has 0 saturated carbocycles. The van der Waals surface area contributed by atoms with Crippen molar-refractivity contribution in [2.24, 2.45) is 5.84 Å². The van der Waals surface area contributed by atoms with Crippen molar-refractivity contribution < 1.29 is 9.59 Å². The number of amides is 2. The number of hydrazine groups is 1. The lowest BCUT2D eigenvalue weighted by Gasteiger charge is -2.16. The number of nitrogens with one attached hydrogen (secondary N) is 2. The summed E-state index contributed by atoms with van der Waals surface area (Å²) in [7, 11) is 0. The van der Waals surface area contributed by atoms with Crippen LogP contribution < -0.4 is 16.6 Å². The fourth-order valence-corrected chi connectivity index (χ4v) is 2.31. The van der Waals surface area contributed by atoms with Gasteiger partial charge in [0.1, 0.15) is 0 Å². The number of nitrogens with two attached hydrogens (primary N) is 1. The van der Waals surface area contributed by atoms with Gasteiger partial charge in [-0.25, -0.2) is 5.84 Å². The largest absolute Gasteiger partial charge is 0.352 e. The van der Waals surface area contributed by atoms with E-state index in [2.05, 4.69) is 15.6 Å². The predicted molar refractivity (Wildman–Crippen MR) is 69.5 cm³/mol. The SMILES string of the molecule is CC(=O)NC1CCN(CCCCCC(=O)NN)C1. The van der Waals surface area contributed by atoms with Crippen LogP contribution in [-0.4, -0.2) is 42.4 Å². The quantitative estimate of drug-likeness (QED) is 0.254. The van der Waals surface area contributed by atoms with Gasteiger partial charge in [-0.05, 0) is 25.8 Å². The summed E-state index contributed by atoms with van der Waals surface area (Å²) in [5.74, 6) is 4.95. The molecule has 1 atom stereocenters. The van der Waals surface area contributed by atoms with Crippen LogP contribution in [0.2, 0.25) is 0 Å². The number of nitrogens with zero attached hydrogens (tertiary/aromatic N) is 1. The third-order valence-electron chi connectivity index (χ3n) is 3.22. The molecule has 1 heterocycles. The molecule has 2 amide bonds. The summed E-state index contributed by atoms with van der Waals surface area (Å²) in [6.07, 6.45) is 4.55. The molecule has 1 aliphatic rings. The Kier molecular flexibility index (Phi) is 6.67. The molecule has 0 aromatic heterocycles. The fourth-order valence-electron chi connectivity index (χ4n) is 2.31. The van der Waals surface area contributed by atoms with Gasteiger partial charge in [-0.3, -0.25) is 15.0 Å². The Morgan fingerprint density at radius 3 is 2.78 bits per heavy atom. The first-order chi connectivity index (χ1) is 8.61. The van der Waals surface area contributed by atoms with Gasteiger partial charge in [-0.15, -0.1) is 0 Å². The van der Waals surface area contributed by atoms with Gasteiger partial charge in [0.25, 0.3) is 0 Å². The van der Waals surface area contributed by atoms with Crippen LogP contribution in [0.25, 0.3) is 0 Å². The molecule has 0 aromatic rings. The van der Waals surface area contributed by atoms with Crippen LogP contribution >= 0.6 is 0 Å². The van der Waals surface area contributed by atoms with E-state index >= 15 is 0 Å². The van der Waals surface area contributed by atoms with Gasteiger partial charge in [0.05, 0.1) is 0 Å². The molecular formula is C12H24N4O2. The summed E-state index contributed by atoms with van der Waals surface area (Å²) in [5, 5.41) is 2.95. The van der Waals surface area contributed by atoms with Crippen molar-refractivity contribution in [2.75, 3.05) is 19.6 Å². The molecule has 0 aromatic carbocycles. The smallest absolute Gasteiger partial charge is 0.233 e. The van der Waals surface area contributed by atoms with Crippen molar-refractivity contribution >= 4 is 11.8 Å². The molecule has 1 unspecified atom stereocenters. The highest BCUT2D eigenvalue weighted by Crippen LogP contribution is 2.11. The number of carbonyl (C=O) groups is 2. The van der Waals surface area contributed by atoms with Gasteiger partial charge in [-0.1, -0.05) is 6.42 Å². The molecule has 0 aliphatic carbocycles. The monoisotopic (exact) mass is 256 g/mol. The van der Waals surface area contributed by atoms with Gasteiger partial charge in [-0.2, -0.15) is 0 Å². The third-order valence-corrected chi connectivity index (χ3v) is 3.22. The summed E-state index contributed by atoms with van der Waals surface area (Å²) in [5.41, 5.74) is 2.13. The van der Waals surface area contributed by atoms with Crippen LogP contribution in [0.4, 0.5) is 0 Å². The van der Waals surface area contributed by atoms with E-state index in [4.69, 9.17) is 5.84 Å². The maximum atomic E-state index is 10.9. The summed E-state index contributed by atoms with van der Waals surface area (Å²) >= 11 is 0. The van der Waals surface area contributed by atoms with Gasteiger partial charge >= 0.3 is 0 Å². The zero-order valence-electron chi connectivity index (χ0n) is 11.1. The van der Waals surface area contributed by atoms with Gasteiger partial charge in [0, 0.05) is 32.5 Å². The molecule has 6 heteroatoms. The lowest BCUT2D eigenvalue weighted by atomic mass is 10.2. The molecule has 4 N–H and O–H groups in total. The molecule has 0 spiro atoms. The first-order valence-corrected chi connectivity index (χ1v) is 6.60. The summed E-state index contributed by atoms with van der Waals surface area (Å²) in [6, 6.07) is 0.311. The van der Waals surface area contributed by atoms with Crippen LogP contribution in [0.1, 0.15) is 39.0 Å². The minimum absolute atomic E-state index is 0.0506. The minimum atomic E-state index is -0.0955. The van der Waals surface area contributed by atoms with Crippen LogP contribution in [-0.2, 0) is 9.59 Å². The zero-order valence-corrected chi connectivity index (χ0v) is 11.1. The molecule has 6 nitrogen and oxygen atoms in total. The predicted octanol–water partition coefficient (Wildman–Crippen LogP) is -0.253. The van der Waals surface area contributed by atoms with Crippen molar-refractivity contribution in [2.45, 2.75) is 45.1 Å². The average molecular weight is 256 g/mol. The van der Waals surface area contributed by atoms with Crippen LogP contribution in [0.3, 0.4) is 0 Å². The van der Waals surface area contributed by atoms with E-state index in [0.29, 0.717) is 12.5 Å². The normalized spacial score (nSPS) is 19.8. The third kappa shape index (κ3) is 5.97. The van der Waals surface area contributed by atoms with E-state index in [9.17, 15) is 9.59 Å². The van der Waals surface area contributed by atoms with Crippen LogP contribution in [0.5, 0.6) is 0 Å². The van der Waals surface area contributed by atoms with Crippen LogP contribution in [0, 0.1) is 0 Å². The van der Waals surface area contributed by atoms with E-state index in [0.717, 1.165) is 45.3 Å². The lowest BCUT2D eigenvalue weighted by Crippen LogP contribution is -2.35. The van der Waals surface area contributed by atoms with Gasteiger partial charge < -0.3 is 10.2 Å². The van der Waals surface area contributed by atoms with E-state index in [-0.39, 0.29) is 11.8 Å². The first-order valence-electron chi connectivity index (χ1n) is 6.60. The first kappa shape index (κ1) is 14.9. The summed E-state index contributed by atoms with van der Waals surface area (Å²) in [6.45, 7) is 4.60. The second kappa shape index (κ2) is 8.05. The Labute approximate surface area is 108 Å². The number of hydrogen-bond donors (Lipinski definition) is 3. The molecule has 0 bridgehead atoms. The van der Waals surface area contributed by atoms with Crippen molar-refractivity contribution in [1.82, 2.24) is 15.6 Å². The van der Waals surface area contributed by atoms with E-state index in [1.807, 2.05) is 0 Å². The number of rotatable bonds is 7. The Morgan fingerprint density at radius 1 is 1.33 bits per heavy atom. The number of unbranched alkanes of at least 4 members (excludes halogenated alkanes) is 2. The highest BCUT2D eigenvalue weighted by Gasteiger charge is 2.22. The maximum Gasteiger partial charge on any atom is 0.233 e. The van der Waals surface area contributed by atoms with E-state index < -0.39 is 0 Å². The molecule has 18 heavy (non-hydrogen) atoms. The zero-order chi connectivity index (χ0) is 13.4. The Balaban J connectivity index is 2.00. The lowest BCUT2D eigenvalue weighted by molar-refractivity contribution is -0.121. The topological polar surface area (TPSA) is 87.5 Å². The number of hydrogen-bond acceptors (Lipinski definition) is 4. The standard InChI is InChI=1S/C12H24N4O2/c1-10(17)14-11-6-8-16(9-11)7-4-2-3-5-12(18)15-13/h11H,2-9,13H2,1H3,(H,14,17)(H,15,18). The average Bonchev–Trinajstić information content (AvgIpc) is 2.75. The van der Waals surface area contributed by atoms with E-state index in [1.165, 1.54) is 0 Å². The number of likely N-dealkylation sites (tertiary alicyclic amines) is 1. The van der Waals surface area contributed by atoms with Crippen LogP contribution in [0.15, 0.2) is 0 Å². The highest BCUT2D eigenvalue weighted by molar-refractivity contribution is 5.75. The molecular weight excluding hydrogens is 232 g/mol. The van der Waals surface area contributed by atoms with Gasteiger partial charge in [0.15, 0.2) is 0 Å². The second-order valence-corrected chi connectivity index (χ2v) is 4.86. The maximum absolute atomic E-state index is 10.9. The fraction of sp³-hybridized carbons (Fsp3) is 0.833. The second-order valence-electron chi connectivity index (χ2n) is 4.86. The minimum Gasteiger partial charge on any atom is -0.352 e.